The molecular formula is C69H81N11O13. The van der Waals surface area contributed by atoms with Gasteiger partial charge in [0, 0.05) is 75.8 Å². The molecule has 24 heteroatoms. The number of hydrogen-bond acceptors (Lipinski definition) is 15. The lowest BCUT2D eigenvalue weighted by Crippen LogP contribution is -2.54. The Balaban J connectivity index is 0.787. The minimum Gasteiger partial charge on any atom is -0.493 e. The number of rotatable bonds is 28. The van der Waals surface area contributed by atoms with E-state index in [0.717, 1.165) is 24.0 Å². The highest BCUT2D eigenvalue weighted by molar-refractivity contribution is 6.04. The van der Waals surface area contributed by atoms with Crippen LogP contribution in [0, 0.1) is 5.92 Å². The topological polar surface area (TPSA) is 294 Å². The van der Waals surface area contributed by atoms with Crippen molar-refractivity contribution < 1.29 is 62.0 Å². The van der Waals surface area contributed by atoms with E-state index in [9.17, 15) is 38.4 Å². The number of urea groups is 1. The van der Waals surface area contributed by atoms with E-state index in [-0.39, 0.29) is 100 Å². The fourth-order valence-corrected chi connectivity index (χ4v) is 12.1. The van der Waals surface area contributed by atoms with Gasteiger partial charge in [0.15, 0.2) is 23.0 Å². The number of aliphatic imine (C=N–C) groups is 1. The average Bonchev–Trinajstić information content (AvgIpc) is 1.72. The third-order valence-corrected chi connectivity index (χ3v) is 17.3. The van der Waals surface area contributed by atoms with E-state index >= 15 is 0 Å². The monoisotopic (exact) mass is 1270 g/mol. The number of nitrogens with zero attached hydrogens (tertiary/aromatic N) is 5. The van der Waals surface area contributed by atoms with Crippen LogP contribution in [0.5, 0.6) is 23.0 Å². The van der Waals surface area contributed by atoms with Crippen LogP contribution in [-0.2, 0) is 56.5 Å². The van der Waals surface area contributed by atoms with E-state index in [1.54, 1.807) is 79.6 Å². The van der Waals surface area contributed by atoms with Crippen molar-refractivity contribution in [1.82, 2.24) is 35.6 Å². The van der Waals surface area contributed by atoms with Crippen molar-refractivity contribution in [2.45, 2.75) is 109 Å². The van der Waals surface area contributed by atoms with Gasteiger partial charge in [-0.05, 0) is 96.5 Å². The second-order valence-electron chi connectivity index (χ2n) is 24.0. The SMILES string of the molecule is COc1cc2c(cc1OCCN(CCOc1cc3c(cc1OC)C(=O)N1Cc4ccccc4CC1CN3)C(=O)OCc1ccc(NC(=O)[C@H](CCCNC(N)=O)NC(=O)[C@@H](NC(=O)CCCCCN3CC=CC3=O)C(C)C)cc1)N=C[C@@H]1Cc3ccccc3CN1C2=O. The molecular weight excluding hydrogens is 1190 g/mol. The maximum absolute atomic E-state index is 14.3. The molecule has 0 radical (unpaired) electrons. The zero-order valence-corrected chi connectivity index (χ0v) is 52.9. The van der Waals surface area contributed by atoms with Crippen LogP contribution in [-0.4, -0.2) is 164 Å². The summed E-state index contributed by atoms with van der Waals surface area (Å²) >= 11 is 0. The number of carbonyl (C=O) groups excluding carboxylic acids is 8. The number of unbranched alkanes of at least 4 members (excludes halogenated alkanes) is 2. The Labute approximate surface area is 540 Å². The Morgan fingerprint density at radius 2 is 1.39 bits per heavy atom. The molecule has 0 bridgehead atoms. The highest BCUT2D eigenvalue weighted by Gasteiger charge is 2.37. The van der Waals surface area contributed by atoms with Crippen LogP contribution in [0.25, 0.3) is 0 Å². The number of methoxy groups -OCH3 is 2. The molecule has 0 saturated heterocycles. The molecule has 5 aromatic carbocycles. The van der Waals surface area contributed by atoms with Crippen molar-refractivity contribution in [1.29, 1.82) is 0 Å². The summed E-state index contributed by atoms with van der Waals surface area (Å²) in [6.07, 6.45) is 8.41. The molecule has 93 heavy (non-hydrogen) atoms. The van der Waals surface area contributed by atoms with E-state index in [0.29, 0.717) is 109 Å². The number of fused-ring (bicyclic) bond motifs is 6. The average molecular weight is 1270 g/mol. The van der Waals surface area contributed by atoms with Crippen LogP contribution in [0.15, 0.2) is 114 Å². The van der Waals surface area contributed by atoms with Crippen molar-refractivity contribution in [3.8, 4) is 23.0 Å². The van der Waals surface area contributed by atoms with Crippen LogP contribution in [0.3, 0.4) is 0 Å². The van der Waals surface area contributed by atoms with Crippen molar-refractivity contribution in [2.75, 3.05) is 77.3 Å². The van der Waals surface area contributed by atoms with Crippen molar-refractivity contribution in [3.05, 3.63) is 148 Å². The Bertz CT molecular complexity index is 3650. The van der Waals surface area contributed by atoms with Gasteiger partial charge in [-0.3, -0.25) is 33.8 Å². The number of anilines is 2. The van der Waals surface area contributed by atoms with Gasteiger partial charge in [-0.15, -0.1) is 0 Å². The van der Waals surface area contributed by atoms with Gasteiger partial charge in [-0.25, -0.2) is 9.59 Å². The van der Waals surface area contributed by atoms with E-state index in [4.69, 9.17) is 34.4 Å². The van der Waals surface area contributed by atoms with Crippen LogP contribution >= 0.6 is 0 Å². The first-order valence-corrected chi connectivity index (χ1v) is 31.7. The number of hydrogen-bond donors (Lipinski definition) is 6. The number of carbonyl (C=O) groups is 8. The van der Waals surface area contributed by atoms with Gasteiger partial charge in [0.05, 0.1) is 61.9 Å². The van der Waals surface area contributed by atoms with Crippen LogP contribution < -0.4 is 51.3 Å². The number of amides is 9. The first-order chi connectivity index (χ1) is 45.0. The molecule has 5 heterocycles. The van der Waals surface area contributed by atoms with E-state index < -0.39 is 36.0 Å². The zero-order chi connectivity index (χ0) is 65.5. The summed E-state index contributed by atoms with van der Waals surface area (Å²) in [7, 11) is 2.98. The third-order valence-electron chi connectivity index (χ3n) is 17.3. The molecule has 5 aliphatic rings. The maximum Gasteiger partial charge on any atom is 0.410 e. The quantitative estimate of drug-likeness (QED) is 0.0274. The molecule has 0 aliphatic carbocycles. The first-order valence-electron chi connectivity index (χ1n) is 31.7. The molecule has 10 rings (SSSR count). The number of benzene rings is 5. The van der Waals surface area contributed by atoms with Crippen molar-refractivity contribution in [2.24, 2.45) is 16.6 Å². The molecule has 0 saturated carbocycles. The van der Waals surface area contributed by atoms with Crippen molar-refractivity contribution >= 4 is 70.8 Å². The fourth-order valence-electron chi connectivity index (χ4n) is 12.1. The minimum atomic E-state index is -1.08. The normalized spacial score (nSPS) is 16.5. The molecule has 0 aromatic heterocycles. The van der Waals surface area contributed by atoms with E-state index in [1.165, 1.54) is 30.2 Å². The molecule has 0 fully saturated rings. The molecule has 0 spiro atoms. The summed E-state index contributed by atoms with van der Waals surface area (Å²) in [4.78, 5) is 118. The Morgan fingerprint density at radius 3 is 2.05 bits per heavy atom. The van der Waals surface area contributed by atoms with Crippen LogP contribution in [0.2, 0.25) is 0 Å². The molecule has 9 amide bonds. The minimum absolute atomic E-state index is 0.00353. The number of nitrogens with two attached hydrogens (primary N) is 1. The zero-order valence-electron chi connectivity index (χ0n) is 52.9. The predicted octanol–water partition coefficient (Wildman–Crippen LogP) is 7.05. The Hall–Kier alpha value is -10.1. The van der Waals surface area contributed by atoms with Gasteiger partial charge in [0.2, 0.25) is 23.6 Å². The first kappa shape index (κ1) is 65.8. The largest absolute Gasteiger partial charge is 0.493 e. The molecule has 5 aromatic rings. The fraction of sp³-hybridized carbons (Fsp3) is 0.406. The van der Waals surface area contributed by atoms with Gasteiger partial charge in [-0.2, -0.15) is 0 Å². The standard InChI is InChI=1S/C69H81N11O13/c1-43(2)63(76-61(81)19-6-5-11-26-77-27-13-20-62(77)82)65(84)75-54(18-12-25-71-68(70)87)64(83)74-49-23-21-44(22-24-49)42-93-69(88)78(28-30-91-59-36-55-52(34-57(59)89-3)66(85)79-40-47-16-9-7-14-45(47)32-50(79)38-72-55)29-31-92-60-37-56-53(35-58(60)90-4)67(86)80-41-48-17-10-8-15-46(48)33-51(80)39-73-56/h7-10,13-17,20-24,34-38,43,50-51,54,63,73H,5-6,11-12,18-19,25-33,39-42H2,1-4H3,(H,74,83)(H,75,84)(H,76,81)(H3,70,71,87)/t50-,51?,54-,63-/m0/s1. The van der Waals surface area contributed by atoms with Gasteiger partial charge in [-0.1, -0.05) is 87.0 Å². The summed E-state index contributed by atoms with van der Waals surface area (Å²) < 4.78 is 30.2. The molecule has 5 aliphatic heterocycles. The molecule has 7 N–H and O–H groups in total. The number of ether oxygens (including phenoxy) is 5. The second kappa shape index (κ2) is 30.8. The second-order valence-corrected chi connectivity index (χ2v) is 24.0. The van der Waals surface area contributed by atoms with Gasteiger partial charge in [0.1, 0.15) is 31.9 Å². The summed E-state index contributed by atoms with van der Waals surface area (Å²) in [5, 5.41) is 14.5. The Kier molecular flexibility index (Phi) is 21.8. The highest BCUT2D eigenvalue weighted by atomic mass is 16.6. The number of primary amides is 1. The van der Waals surface area contributed by atoms with E-state index in [1.807, 2.05) is 46.2 Å². The third kappa shape index (κ3) is 16.5. The highest BCUT2D eigenvalue weighted by Crippen LogP contribution is 2.40. The van der Waals surface area contributed by atoms with E-state index in [2.05, 4.69) is 44.8 Å². The summed E-state index contributed by atoms with van der Waals surface area (Å²) in [6.45, 7) is 6.12. The number of nitrogens with one attached hydrogen (secondary N) is 5. The lowest BCUT2D eigenvalue weighted by molar-refractivity contribution is -0.132. The van der Waals surface area contributed by atoms with Gasteiger partial charge in [0.25, 0.3) is 11.8 Å². The molecule has 4 atom stereocenters. The predicted molar refractivity (Wildman–Crippen MR) is 348 cm³/mol. The van der Waals surface area contributed by atoms with Gasteiger partial charge >= 0.3 is 12.1 Å². The lowest BCUT2D eigenvalue weighted by Gasteiger charge is -2.35. The molecule has 490 valence electrons. The lowest BCUT2D eigenvalue weighted by atomic mass is 9.94. The Morgan fingerprint density at radius 1 is 0.731 bits per heavy atom. The smallest absolute Gasteiger partial charge is 0.410 e. The summed E-state index contributed by atoms with van der Waals surface area (Å²) in [5.41, 5.74) is 12.6. The van der Waals surface area contributed by atoms with Crippen LogP contribution in [0.4, 0.5) is 26.7 Å². The summed E-state index contributed by atoms with van der Waals surface area (Å²) in [5.74, 6) is -0.780. The molecule has 1 unspecified atom stereocenters. The maximum atomic E-state index is 14.3. The van der Waals surface area contributed by atoms with Gasteiger partial charge < -0.3 is 75.6 Å². The van der Waals surface area contributed by atoms with Crippen molar-refractivity contribution in [3.63, 3.8) is 0 Å². The summed E-state index contributed by atoms with van der Waals surface area (Å²) in [6, 6.07) is 26.5. The molecule has 24 nitrogen and oxygen atoms in total. The van der Waals surface area contributed by atoms with Crippen LogP contribution in [0.1, 0.15) is 101 Å².